The maximum atomic E-state index is 8.60. The molecule has 0 aliphatic heterocycles. The Kier molecular flexibility index (Phi) is 16.8. The first-order valence-corrected chi connectivity index (χ1v) is 8.05. The van der Waals surface area contributed by atoms with E-state index in [4.69, 9.17) is 5.11 Å². The fourth-order valence-corrected chi connectivity index (χ4v) is 1.81. The van der Waals surface area contributed by atoms with E-state index in [2.05, 4.69) is 30.3 Å². The van der Waals surface area contributed by atoms with Gasteiger partial charge in [0.05, 0.1) is 0 Å². The summed E-state index contributed by atoms with van der Waals surface area (Å²) in [7, 11) is 0. The molecule has 0 aromatic carbocycles. The molecule has 1 heteroatoms. The van der Waals surface area contributed by atoms with Gasteiger partial charge in [0, 0.05) is 32.3 Å². The van der Waals surface area contributed by atoms with E-state index in [9.17, 15) is 0 Å². The standard InChI is InChI=1S/C19H30O/c1-2-3-4-5-6-7-8-9-10-11-12-13-14-15-16-17-18-19-20/h2,20H,1,3-5,8-14,17-19H2. The Balaban J connectivity index is 3.15. The summed E-state index contributed by atoms with van der Waals surface area (Å²) in [5, 5.41) is 8.60. The van der Waals surface area contributed by atoms with Gasteiger partial charge in [0.1, 0.15) is 0 Å². The first-order chi connectivity index (χ1) is 9.91. The summed E-state index contributed by atoms with van der Waals surface area (Å²) in [6.45, 7) is 3.96. The molecule has 0 atom stereocenters. The Bertz CT molecular complexity index is 321. The molecule has 0 spiro atoms. The topological polar surface area (TPSA) is 20.2 Å². The number of allylic oxidation sites excluding steroid dienone is 1. The monoisotopic (exact) mass is 274 g/mol. The average Bonchev–Trinajstić information content (AvgIpc) is 2.47. The lowest BCUT2D eigenvalue weighted by Gasteiger charge is -1.96. The smallest absolute Gasteiger partial charge is 0.0440 e. The van der Waals surface area contributed by atoms with Crippen LogP contribution in [0.3, 0.4) is 0 Å². The quantitative estimate of drug-likeness (QED) is 0.324. The van der Waals surface area contributed by atoms with E-state index in [0.29, 0.717) is 0 Å². The van der Waals surface area contributed by atoms with Crippen LogP contribution in [0.5, 0.6) is 0 Å². The third-order valence-electron chi connectivity index (χ3n) is 3.02. The third kappa shape index (κ3) is 16.8. The van der Waals surface area contributed by atoms with Crippen LogP contribution in [-0.4, -0.2) is 11.7 Å². The van der Waals surface area contributed by atoms with Gasteiger partial charge in [0.25, 0.3) is 0 Å². The second-order valence-corrected chi connectivity index (χ2v) is 4.98. The van der Waals surface area contributed by atoms with Crippen LogP contribution in [-0.2, 0) is 0 Å². The van der Waals surface area contributed by atoms with Crippen LogP contribution < -0.4 is 0 Å². The largest absolute Gasteiger partial charge is 0.396 e. The zero-order valence-corrected chi connectivity index (χ0v) is 12.9. The van der Waals surface area contributed by atoms with Crippen molar-refractivity contribution in [2.24, 2.45) is 0 Å². The molecule has 1 N–H and O–H groups in total. The van der Waals surface area contributed by atoms with Crippen LogP contribution in [0.15, 0.2) is 12.7 Å². The van der Waals surface area contributed by atoms with Crippen molar-refractivity contribution in [2.75, 3.05) is 6.61 Å². The Hall–Kier alpha value is -1.18. The van der Waals surface area contributed by atoms with Gasteiger partial charge in [-0.3, -0.25) is 0 Å². The zero-order chi connectivity index (χ0) is 14.7. The van der Waals surface area contributed by atoms with Gasteiger partial charge in [-0.2, -0.15) is 0 Å². The number of hydrogen-bond acceptors (Lipinski definition) is 1. The van der Waals surface area contributed by atoms with Crippen molar-refractivity contribution >= 4 is 0 Å². The molecule has 0 unspecified atom stereocenters. The molecule has 20 heavy (non-hydrogen) atoms. The molecule has 0 aliphatic carbocycles. The van der Waals surface area contributed by atoms with Gasteiger partial charge in [-0.25, -0.2) is 0 Å². The Morgan fingerprint density at radius 3 is 1.60 bits per heavy atom. The number of aliphatic hydroxyl groups excluding tert-OH is 1. The molecule has 0 radical (unpaired) electrons. The second-order valence-electron chi connectivity index (χ2n) is 4.98. The van der Waals surface area contributed by atoms with Crippen molar-refractivity contribution in [3.63, 3.8) is 0 Å². The van der Waals surface area contributed by atoms with E-state index in [-0.39, 0.29) is 6.61 Å². The summed E-state index contributed by atoms with van der Waals surface area (Å²) in [6.07, 6.45) is 15.2. The fraction of sp³-hybridized carbons (Fsp3) is 0.684. The number of aliphatic hydroxyl groups is 1. The molecule has 0 fully saturated rings. The SMILES string of the molecule is C=CCCCC#CCCCCCCCC#CCCCO. The molecule has 0 saturated heterocycles. The molecule has 0 bridgehead atoms. The van der Waals surface area contributed by atoms with E-state index in [1.54, 1.807) is 0 Å². The number of rotatable bonds is 11. The minimum Gasteiger partial charge on any atom is -0.396 e. The van der Waals surface area contributed by atoms with Crippen LogP contribution in [0.4, 0.5) is 0 Å². The molecule has 0 rings (SSSR count). The lowest BCUT2D eigenvalue weighted by molar-refractivity contribution is 0.290. The van der Waals surface area contributed by atoms with Gasteiger partial charge in [0.2, 0.25) is 0 Å². The van der Waals surface area contributed by atoms with E-state index < -0.39 is 0 Å². The summed E-state index contributed by atoms with van der Waals surface area (Å²) < 4.78 is 0. The molecule has 0 saturated carbocycles. The second kappa shape index (κ2) is 17.8. The summed E-state index contributed by atoms with van der Waals surface area (Å²) in [5.74, 6) is 12.7. The van der Waals surface area contributed by atoms with Gasteiger partial charge in [-0.1, -0.05) is 25.3 Å². The molecular weight excluding hydrogens is 244 g/mol. The predicted molar refractivity (Wildman–Crippen MR) is 88.2 cm³/mol. The highest BCUT2D eigenvalue weighted by molar-refractivity contribution is 4.99. The van der Waals surface area contributed by atoms with Gasteiger partial charge in [-0.15, -0.1) is 30.3 Å². The van der Waals surface area contributed by atoms with E-state index in [0.717, 1.165) is 44.9 Å². The predicted octanol–water partition coefficient (Wildman–Crippen LogP) is 4.85. The molecular formula is C19H30O. The Labute approximate surface area is 125 Å². The third-order valence-corrected chi connectivity index (χ3v) is 3.02. The van der Waals surface area contributed by atoms with Crippen molar-refractivity contribution in [3.8, 4) is 23.7 Å². The lowest BCUT2D eigenvalue weighted by atomic mass is 10.1. The highest BCUT2D eigenvalue weighted by Gasteiger charge is 1.89. The van der Waals surface area contributed by atoms with Crippen molar-refractivity contribution < 1.29 is 5.11 Å². The van der Waals surface area contributed by atoms with Gasteiger partial charge in [-0.05, 0) is 32.1 Å². The van der Waals surface area contributed by atoms with Crippen LogP contribution in [0.25, 0.3) is 0 Å². The first-order valence-electron chi connectivity index (χ1n) is 8.05. The van der Waals surface area contributed by atoms with Gasteiger partial charge in [0.15, 0.2) is 0 Å². The summed E-state index contributed by atoms with van der Waals surface area (Å²) in [5.41, 5.74) is 0. The zero-order valence-electron chi connectivity index (χ0n) is 12.9. The number of unbranched alkanes of at least 4 members (excludes halogenated alkanes) is 9. The molecule has 0 aliphatic rings. The highest BCUT2D eigenvalue weighted by atomic mass is 16.2. The van der Waals surface area contributed by atoms with Crippen LogP contribution in [0.1, 0.15) is 77.0 Å². The van der Waals surface area contributed by atoms with Gasteiger partial charge >= 0.3 is 0 Å². The average molecular weight is 274 g/mol. The molecule has 0 aromatic rings. The molecule has 112 valence electrons. The van der Waals surface area contributed by atoms with Crippen LogP contribution >= 0.6 is 0 Å². The Morgan fingerprint density at radius 2 is 1.10 bits per heavy atom. The van der Waals surface area contributed by atoms with Crippen molar-refractivity contribution in [1.29, 1.82) is 0 Å². The van der Waals surface area contributed by atoms with Gasteiger partial charge < -0.3 is 5.11 Å². The van der Waals surface area contributed by atoms with Crippen LogP contribution in [0, 0.1) is 23.7 Å². The lowest BCUT2D eigenvalue weighted by Crippen LogP contribution is -1.80. The molecule has 1 nitrogen and oxygen atoms in total. The summed E-state index contributed by atoms with van der Waals surface area (Å²) in [6, 6.07) is 0. The maximum absolute atomic E-state index is 8.60. The first kappa shape index (κ1) is 18.8. The fourth-order valence-electron chi connectivity index (χ4n) is 1.81. The van der Waals surface area contributed by atoms with Crippen molar-refractivity contribution in [2.45, 2.75) is 77.0 Å². The highest BCUT2D eigenvalue weighted by Crippen LogP contribution is 2.06. The van der Waals surface area contributed by atoms with E-state index in [1.807, 2.05) is 6.08 Å². The van der Waals surface area contributed by atoms with Crippen molar-refractivity contribution in [3.05, 3.63) is 12.7 Å². The van der Waals surface area contributed by atoms with Crippen LogP contribution in [0.2, 0.25) is 0 Å². The number of hydrogen-bond donors (Lipinski definition) is 1. The minimum atomic E-state index is 0.256. The summed E-state index contributed by atoms with van der Waals surface area (Å²) in [4.78, 5) is 0. The Morgan fingerprint density at radius 1 is 0.650 bits per heavy atom. The molecule has 0 heterocycles. The normalized spacial score (nSPS) is 9.25. The maximum Gasteiger partial charge on any atom is 0.0440 e. The van der Waals surface area contributed by atoms with Crippen molar-refractivity contribution in [1.82, 2.24) is 0 Å². The molecule has 0 aromatic heterocycles. The van der Waals surface area contributed by atoms with E-state index in [1.165, 1.54) is 32.1 Å². The summed E-state index contributed by atoms with van der Waals surface area (Å²) >= 11 is 0. The minimum absolute atomic E-state index is 0.256. The van der Waals surface area contributed by atoms with E-state index >= 15 is 0 Å². The molecule has 0 amide bonds.